The molecule has 5 rings (SSSR count). The Morgan fingerprint density at radius 2 is 1.83 bits per heavy atom. The molecule has 2 aromatic carbocycles. The van der Waals surface area contributed by atoms with Gasteiger partial charge in [-0.05, 0) is 65.3 Å². The fraction of sp³-hybridized carbons (Fsp3) is 0.478. The largest absolute Gasteiger partial charge is 0.355 e. The van der Waals surface area contributed by atoms with Crippen LogP contribution in [0.4, 0.5) is 0 Å². The van der Waals surface area contributed by atoms with E-state index in [2.05, 4.69) is 62.2 Å². The third-order valence-electron chi connectivity index (χ3n) is 7.90. The van der Waals surface area contributed by atoms with E-state index in [9.17, 15) is 0 Å². The van der Waals surface area contributed by atoms with E-state index in [-0.39, 0.29) is 0 Å². The number of hydrogen-bond donors (Lipinski definition) is 1. The number of hydrogen-bond acceptors (Lipinski definition) is 0. The lowest BCUT2D eigenvalue weighted by Crippen LogP contribution is -2.51. The molecule has 0 saturated heterocycles. The van der Waals surface area contributed by atoms with Crippen LogP contribution in [0.25, 0.3) is 21.8 Å². The number of para-hydroxylation sites is 1. The van der Waals surface area contributed by atoms with Crippen molar-refractivity contribution >= 4 is 21.8 Å². The normalized spacial score (nSPS) is 32.7. The number of benzene rings is 2. The van der Waals surface area contributed by atoms with Crippen LogP contribution < -0.4 is 0 Å². The van der Waals surface area contributed by atoms with Crippen LogP contribution in [0.1, 0.15) is 57.6 Å². The molecule has 1 N–H and O–H groups in total. The average molecular weight is 317 g/mol. The van der Waals surface area contributed by atoms with Gasteiger partial charge in [0, 0.05) is 21.8 Å². The van der Waals surface area contributed by atoms with Crippen molar-refractivity contribution in [2.75, 3.05) is 0 Å². The maximum Gasteiger partial charge on any atom is 0.0467 e. The molecule has 1 heterocycles. The number of H-pyrrole nitrogens is 1. The van der Waals surface area contributed by atoms with Crippen molar-refractivity contribution in [2.45, 2.75) is 58.3 Å². The SMILES string of the molecule is C[C@H]1CCC[C@]2(C)c3cc4c(cc3CC[C@]12C)[nH]c1ccccc14. The Bertz CT molecular complexity index is 949. The molecule has 1 heteroatoms. The summed E-state index contributed by atoms with van der Waals surface area (Å²) in [4.78, 5) is 3.63. The molecule has 2 aliphatic rings. The first kappa shape index (κ1) is 14.6. The average Bonchev–Trinajstić information content (AvgIpc) is 2.94. The number of rotatable bonds is 0. The van der Waals surface area contributed by atoms with E-state index < -0.39 is 0 Å². The molecular formula is C23H27N. The lowest BCUT2D eigenvalue weighted by atomic mass is 9.47. The number of fused-ring (bicyclic) bond motifs is 6. The van der Waals surface area contributed by atoms with Gasteiger partial charge >= 0.3 is 0 Å². The Morgan fingerprint density at radius 3 is 2.71 bits per heavy atom. The predicted molar refractivity (Wildman–Crippen MR) is 103 cm³/mol. The Balaban J connectivity index is 1.81. The van der Waals surface area contributed by atoms with E-state index in [0.717, 1.165) is 5.92 Å². The molecule has 3 aromatic rings. The summed E-state index contributed by atoms with van der Waals surface area (Å²) in [6, 6.07) is 13.7. The maximum absolute atomic E-state index is 3.63. The predicted octanol–water partition coefficient (Wildman–Crippen LogP) is 6.35. The summed E-state index contributed by atoms with van der Waals surface area (Å²) in [6.07, 6.45) is 6.69. The molecule has 124 valence electrons. The highest BCUT2D eigenvalue weighted by atomic mass is 14.7. The molecule has 1 saturated carbocycles. The van der Waals surface area contributed by atoms with Crippen LogP contribution >= 0.6 is 0 Å². The van der Waals surface area contributed by atoms with Crippen molar-refractivity contribution in [1.29, 1.82) is 0 Å². The zero-order valence-electron chi connectivity index (χ0n) is 15.1. The molecule has 0 aliphatic heterocycles. The van der Waals surface area contributed by atoms with Crippen LogP contribution in [-0.2, 0) is 11.8 Å². The van der Waals surface area contributed by atoms with Gasteiger partial charge in [-0.15, -0.1) is 0 Å². The maximum atomic E-state index is 3.63. The van der Waals surface area contributed by atoms with E-state index in [4.69, 9.17) is 0 Å². The van der Waals surface area contributed by atoms with Crippen LogP contribution in [-0.4, -0.2) is 4.98 Å². The van der Waals surface area contributed by atoms with Crippen molar-refractivity contribution in [3.05, 3.63) is 47.5 Å². The van der Waals surface area contributed by atoms with Gasteiger partial charge in [-0.25, -0.2) is 0 Å². The molecule has 24 heavy (non-hydrogen) atoms. The second kappa shape index (κ2) is 4.65. The van der Waals surface area contributed by atoms with Crippen molar-refractivity contribution in [3.63, 3.8) is 0 Å². The van der Waals surface area contributed by atoms with Gasteiger partial charge in [0.2, 0.25) is 0 Å². The summed E-state index contributed by atoms with van der Waals surface area (Å²) < 4.78 is 0. The van der Waals surface area contributed by atoms with Crippen LogP contribution in [0.5, 0.6) is 0 Å². The summed E-state index contributed by atoms with van der Waals surface area (Å²) in [6.45, 7) is 7.62. The van der Waals surface area contributed by atoms with Crippen molar-refractivity contribution in [1.82, 2.24) is 4.98 Å². The molecule has 1 aromatic heterocycles. The Morgan fingerprint density at radius 1 is 1.00 bits per heavy atom. The zero-order valence-corrected chi connectivity index (χ0v) is 15.1. The summed E-state index contributed by atoms with van der Waals surface area (Å²) in [5, 5.41) is 2.78. The second-order valence-electron chi connectivity index (χ2n) is 8.77. The third kappa shape index (κ3) is 1.66. The first-order valence-electron chi connectivity index (χ1n) is 9.57. The fourth-order valence-corrected chi connectivity index (χ4v) is 5.93. The Hall–Kier alpha value is -1.76. The van der Waals surface area contributed by atoms with Gasteiger partial charge in [-0.1, -0.05) is 51.8 Å². The first-order chi connectivity index (χ1) is 11.5. The lowest BCUT2D eigenvalue weighted by molar-refractivity contribution is 0.0110. The topological polar surface area (TPSA) is 15.8 Å². The van der Waals surface area contributed by atoms with E-state index in [1.807, 2.05) is 0 Å². The summed E-state index contributed by atoms with van der Waals surface area (Å²) in [5.74, 6) is 0.822. The molecule has 1 fully saturated rings. The molecule has 0 spiro atoms. The minimum atomic E-state index is 0.324. The number of aryl methyl sites for hydroxylation is 1. The van der Waals surface area contributed by atoms with E-state index in [0.29, 0.717) is 10.8 Å². The summed E-state index contributed by atoms with van der Waals surface area (Å²) in [5.41, 5.74) is 6.57. The van der Waals surface area contributed by atoms with Crippen molar-refractivity contribution in [3.8, 4) is 0 Å². The molecule has 1 nitrogen and oxygen atoms in total. The summed E-state index contributed by atoms with van der Waals surface area (Å²) in [7, 11) is 0. The van der Waals surface area contributed by atoms with E-state index >= 15 is 0 Å². The van der Waals surface area contributed by atoms with Crippen LogP contribution in [0.15, 0.2) is 36.4 Å². The number of aromatic amines is 1. The smallest absolute Gasteiger partial charge is 0.0467 e. The van der Waals surface area contributed by atoms with Gasteiger partial charge in [-0.3, -0.25) is 0 Å². The lowest BCUT2D eigenvalue weighted by Gasteiger charge is -2.57. The Kier molecular flexibility index (Phi) is 2.83. The van der Waals surface area contributed by atoms with E-state index in [1.54, 1.807) is 11.1 Å². The van der Waals surface area contributed by atoms with Gasteiger partial charge in [0.25, 0.3) is 0 Å². The molecule has 0 amide bonds. The number of aromatic nitrogens is 1. The van der Waals surface area contributed by atoms with Gasteiger partial charge in [-0.2, -0.15) is 0 Å². The van der Waals surface area contributed by atoms with Gasteiger partial charge in [0.1, 0.15) is 0 Å². The zero-order chi connectivity index (χ0) is 16.5. The van der Waals surface area contributed by atoms with Crippen LogP contribution in [0, 0.1) is 11.3 Å². The van der Waals surface area contributed by atoms with Crippen molar-refractivity contribution in [2.24, 2.45) is 11.3 Å². The monoisotopic (exact) mass is 317 g/mol. The highest BCUT2D eigenvalue weighted by Crippen LogP contribution is 2.60. The van der Waals surface area contributed by atoms with Crippen LogP contribution in [0.2, 0.25) is 0 Å². The van der Waals surface area contributed by atoms with Gasteiger partial charge < -0.3 is 4.98 Å². The van der Waals surface area contributed by atoms with E-state index in [1.165, 1.54) is 53.9 Å². The highest BCUT2D eigenvalue weighted by molar-refractivity contribution is 6.07. The molecule has 0 radical (unpaired) electrons. The van der Waals surface area contributed by atoms with Crippen molar-refractivity contribution < 1.29 is 0 Å². The molecule has 2 aliphatic carbocycles. The minimum Gasteiger partial charge on any atom is -0.355 e. The minimum absolute atomic E-state index is 0.324. The number of nitrogens with one attached hydrogen (secondary N) is 1. The van der Waals surface area contributed by atoms with Gasteiger partial charge in [0.05, 0.1) is 0 Å². The first-order valence-corrected chi connectivity index (χ1v) is 9.57. The Labute approximate surface area is 144 Å². The third-order valence-corrected chi connectivity index (χ3v) is 7.90. The molecular weight excluding hydrogens is 290 g/mol. The second-order valence-corrected chi connectivity index (χ2v) is 8.77. The standard InChI is InChI=1S/C23H27N/c1-15-7-6-11-23(3)19-14-18-17-8-4-5-9-20(17)24-21(18)13-16(19)10-12-22(15,23)2/h4-5,8-9,13-15,24H,6-7,10-12H2,1-3H3/t15-,22+,23+/m0/s1. The molecule has 3 atom stereocenters. The quantitative estimate of drug-likeness (QED) is 0.497. The van der Waals surface area contributed by atoms with Crippen LogP contribution in [0.3, 0.4) is 0 Å². The molecule has 0 unspecified atom stereocenters. The van der Waals surface area contributed by atoms with Gasteiger partial charge in [0.15, 0.2) is 0 Å². The molecule has 0 bridgehead atoms. The highest BCUT2D eigenvalue weighted by Gasteiger charge is 2.53. The fourth-order valence-electron chi connectivity index (χ4n) is 5.93. The summed E-state index contributed by atoms with van der Waals surface area (Å²) >= 11 is 0.